The van der Waals surface area contributed by atoms with Crippen LogP contribution in [0.3, 0.4) is 0 Å². The number of halogens is 3. The van der Waals surface area contributed by atoms with E-state index in [1.807, 2.05) is 35.9 Å². The van der Waals surface area contributed by atoms with Gasteiger partial charge in [0.2, 0.25) is 5.89 Å². The SMILES string of the molecule is CC(NC(=O)c1nc(-c2ccc(C(F)(F)F)cc2)oc1-c1cn(C)c2ccccc12)C(=O)O. The van der Waals surface area contributed by atoms with Gasteiger partial charge in [-0.3, -0.25) is 9.59 Å². The van der Waals surface area contributed by atoms with Gasteiger partial charge in [0.05, 0.1) is 5.56 Å². The molecule has 0 bridgehead atoms. The number of carbonyl (C=O) groups excluding carboxylic acids is 1. The highest BCUT2D eigenvalue weighted by Crippen LogP contribution is 2.36. The fraction of sp³-hybridized carbons (Fsp3) is 0.174. The van der Waals surface area contributed by atoms with Crippen LogP contribution in [0.5, 0.6) is 0 Å². The maximum atomic E-state index is 12.9. The number of carboxylic acids is 1. The summed E-state index contributed by atoms with van der Waals surface area (Å²) in [5.74, 6) is -2.01. The molecule has 1 unspecified atom stereocenters. The summed E-state index contributed by atoms with van der Waals surface area (Å²) in [6.45, 7) is 1.30. The molecule has 4 aromatic rings. The molecule has 170 valence electrons. The van der Waals surface area contributed by atoms with E-state index < -0.39 is 29.7 Å². The predicted molar refractivity (Wildman–Crippen MR) is 113 cm³/mol. The number of aryl methyl sites for hydroxylation is 1. The largest absolute Gasteiger partial charge is 0.480 e. The number of para-hydroxylation sites is 1. The molecule has 1 amide bonds. The van der Waals surface area contributed by atoms with Crippen LogP contribution in [0.1, 0.15) is 23.0 Å². The molecule has 33 heavy (non-hydrogen) atoms. The minimum Gasteiger partial charge on any atom is -0.480 e. The number of alkyl halides is 3. The zero-order valence-corrected chi connectivity index (χ0v) is 17.5. The summed E-state index contributed by atoms with van der Waals surface area (Å²) in [5, 5.41) is 12.2. The molecule has 2 N–H and O–H groups in total. The number of aliphatic carboxylic acids is 1. The fourth-order valence-corrected chi connectivity index (χ4v) is 3.43. The summed E-state index contributed by atoms with van der Waals surface area (Å²) in [7, 11) is 1.81. The van der Waals surface area contributed by atoms with Crippen molar-refractivity contribution in [2.24, 2.45) is 7.05 Å². The summed E-state index contributed by atoms with van der Waals surface area (Å²) in [5.41, 5.74) is 0.613. The predicted octanol–water partition coefficient (Wildman–Crippen LogP) is 4.72. The van der Waals surface area contributed by atoms with E-state index in [9.17, 15) is 22.8 Å². The first kappa shape index (κ1) is 22.1. The third-order valence-corrected chi connectivity index (χ3v) is 5.16. The molecule has 2 aromatic heterocycles. The number of aromatic nitrogens is 2. The normalized spacial score (nSPS) is 12.6. The van der Waals surface area contributed by atoms with E-state index in [2.05, 4.69) is 10.3 Å². The Kier molecular flexibility index (Phi) is 5.44. The number of amides is 1. The van der Waals surface area contributed by atoms with E-state index in [-0.39, 0.29) is 22.9 Å². The Balaban J connectivity index is 1.85. The van der Waals surface area contributed by atoms with Crippen LogP contribution in [-0.4, -0.2) is 32.6 Å². The number of carbonyl (C=O) groups is 2. The third kappa shape index (κ3) is 4.19. The zero-order valence-electron chi connectivity index (χ0n) is 17.5. The average Bonchev–Trinajstić information content (AvgIpc) is 3.35. The molecule has 0 aliphatic rings. The van der Waals surface area contributed by atoms with Crippen molar-refractivity contribution in [1.82, 2.24) is 14.9 Å². The lowest BCUT2D eigenvalue weighted by molar-refractivity contribution is -0.139. The van der Waals surface area contributed by atoms with Gasteiger partial charge in [-0.1, -0.05) is 18.2 Å². The smallest absolute Gasteiger partial charge is 0.416 e. The first-order chi connectivity index (χ1) is 15.6. The van der Waals surface area contributed by atoms with E-state index in [4.69, 9.17) is 9.52 Å². The Morgan fingerprint density at radius 3 is 2.42 bits per heavy atom. The minimum absolute atomic E-state index is 0.0696. The lowest BCUT2D eigenvalue weighted by atomic mass is 10.1. The second-order valence-electron chi connectivity index (χ2n) is 7.48. The van der Waals surface area contributed by atoms with Gasteiger partial charge in [0, 0.05) is 35.3 Å². The number of rotatable bonds is 5. The molecule has 0 fully saturated rings. The van der Waals surface area contributed by atoms with Crippen molar-refractivity contribution in [3.05, 3.63) is 66.0 Å². The number of nitrogens with one attached hydrogen (secondary N) is 1. The fourth-order valence-electron chi connectivity index (χ4n) is 3.43. The molecule has 10 heteroatoms. The molecule has 0 saturated heterocycles. The number of oxazole rings is 1. The van der Waals surface area contributed by atoms with E-state index in [0.29, 0.717) is 5.56 Å². The number of fused-ring (bicyclic) bond motifs is 1. The van der Waals surface area contributed by atoms with Gasteiger partial charge >= 0.3 is 12.1 Å². The lowest BCUT2D eigenvalue weighted by Crippen LogP contribution is -2.38. The molecule has 0 aliphatic heterocycles. The van der Waals surface area contributed by atoms with Crippen LogP contribution in [0.15, 0.2) is 59.1 Å². The zero-order chi connectivity index (χ0) is 23.9. The van der Waals surface area contributed by atoms with Crippen molar-refractivity contribution >= 4 is 22.8 Å². The summed E-state index contributed by atoms with van der Waals surface area (Å²) < 4.78 is 46.4. The van der Waals surface area contributed by atoms with Crippen LogP contribution in [0.2, 0.25) is 0 Å². The molecule has 0 radical (unpaired) electrons. The van der Waals surface area contributed by atoms with E-state index in [0.717, 1.165) is 23.0 Å². The molecule has 4 rings (SSSR count). The summed E-state index contributed by atoms with van der Waals surface area (Å²) >= 11 is 0. The Morgan fingerprint density at radius 2 is 1.79 bits per heavy atom. The van der Waals surface area contributed by atoms with Crippen LogP contribution in [0.25, 0.3) is 33.7 Å². The number of benzene rings is 2. The monoisotopic (exact) mass is 457 g/mol. The molecular formula is C23H18F3N3O4. The Labute approximate surface area is 185 Å². The molecule has 0 spiro atoms. The van der Waals surface area contributed by atoms with Gasteiger partial charge in [-0.15, -0.1) is 0 Å². The highest BCUT2D eigenvalue weighted by Gasteiger charge is 2.31. The molecule has 2 aromatic carbocycles. The van der Waals surface area contributed by atoms with Crippen molar-refractivity contribution < 1.29 is 32.3 Å². The molecule has 2 heterocycles. The first-order valence-electron chi connectivity index (χ1n) is 9.83. The summed E-state index contributed by atoms with van der Waals surface area (Å²) in [4.78, 5) is 28.3. The molecular weight excluding hydrogens is 439 g/mol. The van der Waals surface area contributed by atoms with Gasteiger partial charge in [-0.25, -0.2) is 4.98 Å². The topological polar surface area (TPSA) is 97.4 Å². The van der Waals surface area contributed by atoms with Crippen LogP contribution in [0.4, 0.5) is 13.2 Å². The minimum atomic E-state index is -4.50. The van der Waals surface area contributed by atoms with Crippen molar-refractivity contribution in [2.75, 3.05) is 0 Å². The highest BCUT2D eigenvalue weighted by atomic mass is 19.4. The van der Waals surface area contributed by atoms with Crippen molar-refractivity contribution in [1.29, 1.82) is 0 Å². The number of carboxylic acid groups (broad SMARTS) is 1. The van der Waals surface area contributed by atoms with Crippen molar-refractivity contribution in [3.8, 4) is 22.8 Å². The maximum absolute atomic E-state index is 12.9. The standard InChI is InChI=1S/C23H18F3N3O4/c1-12(22(31)32)27-20(30)18-19(16-11-29(2)17-6-4-3-5-15(16)17)33-21(28-18)13-7-9-14(10-8-13)23(24,25)26/h3-12H,1-2H3,(H,27,30)(H,31,32). The van der Waals surface area contributed by atoms with Crippen LogP contribution >= 0.6 is 0 Å². The highest BCUT2D eigenvalue weighted by molar-refractivity contribution is 6.04. The Hall–Kier alpha value is -4.08. The van der Waals surface area contributed by atoms with Crippen LogP contribution < -0.4 is 5.32 Å². The average molecular weight is 457 g/mol. The quantitative estimate of drug-likeness (QED) is 0.452. The molecule has 0 aliphatic carbocycles. The Bertz CT molecular complexity index is 1350. The number of hydrogen-bond donors (Lipinski definition) is 2. The Morgan fingerprint density at radius 1 is 1.12 bits per heavy atom. The molecule has 7 nitrogen and oxygen atoms in total. The second kappa shape index (κ2) is 8.12. The van der Waals surface area contributed by atoms with Gasteiger partial charge in [0.15, 0.2) is 11.5 Å². The van der Waals surface area contributed by atoms with E-state index in [1.165, 1.54) is 19.1 Å². The van der Waals surface area contributed by atoms with Gasteiger partial charge in [0.25, 0.3) is 5.91 Å². The van der Waals surface area contributed by atoms with Crippen LogP contribution in [0, 0.1) is 0 Å². The summed E-state index contributed by atoms with van der Waals surface area (Å²) in [6.07, 6.45) is -2.76. The van der Waals surface area contributed by atoms with Gasteiger partial charge in [-0.2, -0.15) is 13.2 Å². The first-order valence-corrected chi connectivity index (χ1v) is 9.83. The second-order valence-corrected chi connectivity index (χ2v) is 7.48. The lowest BCUT2D eigenvalue weighted by Gasteiger charge is -2.08. The van der Waals surface area contributed by atoms with Crippen molar-refractivity contribution in [2.45, 2.75) is 19.1 Å². The van der Waals surface area contributed by atoms with Gasteiger partial charge < -0.3 is 19.4 Å². The number of hydrogen-bond acceptors (Lipinski definition) is 4. The molecule has 1 atom stereocenters. The molecule has 0 saturated carbocycles. The number of nitrogens with zero attached hydrogens (tertiary/aromatic N) is 2. The maximum Gasteiger partial charge on any atom is 0.416 e. The van der Waals surface area contributed by atoms with Crippen LogP contribution in [-0.2, 0) is 18.0 Å². The third-order valence-electron chi connectivity index (χ3n) is 5.16. The van der Waals surface area contributed by atoms with Crippen molar-refractivity contribution in [3.63, 3.8) is 0 Å². The van der Waals surface area contributed by atoms with E-state index in [1.54, 1.807) is 6.20 Å². The van der Waals surface area contributed by atoms with E-state index >= 15 is 0 Å². The van der Waals surface area contributed by atoms with Gasteiger partial charge in [-0.05, 0) is 37.3 Å². The summed E-state index contributed by atoms with van der Waals surface area (Å²) in [6, 6.07) is 10.3. The van der Waals surface area contributed by atoms with Gasteiger partial charge in [0.1, 0.15) is 6.04 Å².